The van der Waals surface area contributed by atoms with Crippen molar-refractivity contribution in [3.63, 3.8) is 0 Å². The van der Waals surface area contributed by atoms with Gasteiger partial charge in [-0.15, -0.1) is 0 Å². The highest BCUT2D eigenvalue weighted by Crippen LogP contribution is 2.16. The molecule has 0 spiro atoms. The van der Waals surface area contributed by atoms with Crippen molar-refractivity contribution in [3.8, 4) is 0 Å². The van der Waals surface area contributed by atoms with Crippen molar-refractivity contribution in [3.05, 3.63) is 0 Å². The van der Waals surface area contributed by atoms with Gasteiger partial charge in [-0.2, -0.15) is 0 Å². The lowest BCUT2D eigenvalue weighted by atomic mass is 9.92. The molecule has 92 valence electrons. The van der Waals surface area contributed by atoms with Crippen LogP contribution in [0.5, 0.6) is 0 Å². The van der Waals surface area contributed by atoms with Crippen LogP contribution in [-0.2, 0) is 4.74 Å². The van der Waals surface area contributed by atoms with Gasteiger partial charge in [-0.3, -0.25) is 0 Å². The first-order chi connectivity index (χ1) is 7.10. The van der Waals surface area contributed by atoms with Crippen molar-refractivity contribution < 1.29 is 9.84 Å². The summed E-state index contributed by atoms with van der Waals surface area (Å²) in [7, 11) is 1.91. The van der Waals surface area contributed by atoms with E-state index in [1.54, 1.807) is 0 Å². The average molecular weight is 217 g/mol. The van der Waals surface area contributed by atoms with E-state index in [-0.39, 0.29) is 12.1 Å². The molecule has 2 N–H and O–H groups in total. The van der Waals surface area contributed by atoms with E-state index >= 15 is 0 Å². The highest BCUT2D eigenvalue weighted by molar-refractivity contribution is 4.84. The molecule has 0 saturated heterocycles. The molecule has 0 aromatic rings. The predicted octanol–water partition coefficient (Wildman–Crippen LogP) is 1.80. The third-order valence-corrected chi connectivity index (χ3v) is 2.90. The lowest BCUT2D eigenvalue weighted by Crippen LogP contribution is -2.46. The van der Waals surface area contributed by atoms with E-state index < -0.39 is 0 Å². The molecule has 0 fully saturated rings. The summed E-state index contributed by atoms with van der Waals surface area (Å²) in [6.07, 6.45) is 2.92. The van der Waals surface area contributed by atoms with Crippen LogP contribution in [0.3, 0.4) is 0 Å². The second-order valence-corrected chi connectivity index (χ2v) is 4.61. The third kappa shape index (κ3) is 6.13. The molecule has 15 heavy (non-hydrogen) atoms. The van der Waals surface area contributed by atoms with Gasteiger partial charge in [0.15, 0.2) is 0 Å². The summed E-state index contributed by atoms with van der Waals surface area (Å²) in [5.41, 5.74) is -0.110. The molecule has 0 saturated carbocycles. The summed E-state index contributed by atoms with van der Waals surface area (Å²) in [5.74, 6) is 0.600. The molecule has 0 aliphatic heterocycles. The summed E-state index contributed by atoms with van der Waals surface area (Å²) in [4.78, 5) is 0. The monoisotopic (exact) mass is 217 g/mol. The SMILES string of the molecule is CCC(CO)(CCCOCC(C)C)NC. The smallest absolute Gasteiger partial charge is 0.0613 e. The first-order valence-corrected chi connectivity index (χ1v) is 5.97. The molecule has 0 radical (unpaired) electrons. The fourth-order valence-corrected chi connectivity index (χ4v) is 1.58. The van der Waals surface area contributed by atoms with Crippen molar-refractivity contribution in [2.24, 2.45) is 5.92 Å². The van der Waals surface area contributed by atoms with Gasteiger partial charge < -0.3 is 15.2 Å². The number of aliphatic hydroxyl groups is 1. The van der Waals surface area contributed by atoms with Gasteiger partial charge in [0.05, 0.1) is 6.61 Å². The number of hydrogen-bond acceptors (Lipinski definition) is 3. The highest BCUT2D eigenvalue weighted by Gasteiger charge is 2.23. The highest BCUT2D eigenvalue weighted by atomic mass is 16.5. The standard InChI is InChI=1S/C12H27NO2/c1-5-12(10-14,13-4)7-6-8-15-9-11(2)3/h11,13-14H,5-10H2,1-4H3. The van der Waals surface area contributed by atoms with Gasteiger partial charge >= 0.3 is 0 Å². The van der Waals surface area contributed by atoms with E-state index in [2.05, 4.69) is 26.1 Å². The fourth-order valence-electron chi connectivity index (χ4n) is 1.58. The molecule has 0 rings (SSSR count). The van der Waals surface area contributed by atoms with Crippen molar-refractivity contribution in [2.75, 3.05) is 26.9 Å². The molecule has 0 bridgehead atoms. The average Bonchev–Trinajstić information content (AvgIpc) is 2.24. The fraction of sp³-hybridized carbons (Fsp3) is 1.00. The predicted molar refractivity (Wildman–Crippen MR) is 64.1 cm³/mol. The first-order valence-electron chi connectivity index (χ1n) is 5.97. The normalized spacial score (nSPS) is 15.6. The number of hydrogen-bond donors (Lipinski definition) is 2. The Morgan fingerprint density at radius 1 is 1.40 bits per heavy atom. The summed E-state index contributed by atoms with van der Waals surface area (Å²) in [6.45, 7) is 8.22. The van der Waals surface area contributed by atoms with Crippen LogP contribution in [0.4, 0.5) is 0 Å². The van der Waals surface area contributed by atoms with Gasteiger partial charge in [-0.25, -0.2) is 0 Å². The molecule has 0 aromatic heterocycles. The number of likely N-dealkylation sites (N-methyl/N-ethyl adjacent to an activating group) is 1. The van der Waals surface area contributed by atoms with E-state index in [1.807, 2.05) is 7.05 Å². The molecule has 3 nitrogen and oxygen atoms in total. The molecular formula is C12H27NO2. The largest absolute Gasteiger partial charge is 0.394 e. The second-order valence-electron chi connectivity index (χ2n) is 4.61. The van der Waals surface area contributed by atoms with E-state index in [9.17, 15) is 5.11 Å². The zero-order chi connectivity index (χ0) is 11.7. The van der Waals surface area contributed by atoms with Gasteiger partial charge in [0.25, 0.3) is 0 Å². The zero-order valence-electron chi connectivity index (χ0n) is 10.7. The van der Waals surface area contributed by atoms with Crippen LogP contribution >= 0.6 is 0 Å². The van der Waals surface area contributed by atoms with Crippen LogP contribution in [-0.4, -0.2) is 37.5 Å². The second kappa shape index (κ2) is 8.08. The Bertz CT molecular complexity index is 136. The summed E-state index contributed by atoms with van der Waals surface area (Å²) in [6, 6.07) is 0. The van der Waals surface area contributed by atoms with Gasteiger partial charge in [0.1, 0.15) is 0 Å². The summed E-state index contributed by atoms with van der Waals surface area (Å²) < 4.78 is 5.51. The minimum absolute atomic E-state index is 0.110. The lowest BCUT2D eigenvalue weighted by molar-refractivity contribution is 0.0902. The maximum Gasteiger partial charge on any atom is 0.0613 e. The Hall–Kier alpha value is -0.120. The molecule has 1 unspecified atom stereocenters. The van der Waals surface area contributed by atoms with Crippen molar-refractivity contribution in [2.45, 2.75) is 45.6 Å². The van der Waals surface area contributed by atoms with Gasteiger partial charge in [0, 0.05) is 18.8 Å². The van der Waals surface area contributed by atoms with Crippen LogP contribution in [0.1, 0.15) is 40.0 Å². The van der Waals surface area contributed by atoms with Crippen LogP contribution in [0.2, 0.25) is 0 Å². The molecular weight excluding hydrogens is 190 g/mol. The van der Waals surface area contributed by atoms with Crippen molar-refractivity contribution >= 4 is 0 Å². The number of ether oxygens (including phenoxy) is 1. The number of rotatable bonds is 9. The number of aliphatic hydroxyl groups excluding tert-OH is 1. The molecule has 0 amide bonds. The Labute approximate surface area is 94.2 Å². The van der Waals surface area contributed by atoms with Crippen LogP contribution in [0.25, 0.3) is 0 Å². The Kier molecular flexibility index (Phi) is 8.02. The van der Waals surface area contributed by atoms with Crippen LogP contribution in [0.15, 0.2) is 0 Å². The minimum Gasteiger partial charge on any atom is -0.394 e. The quantitative estimate of drug-likeness (QED) is 0.579. The zero-order valence-corrected chi connectivity index (χ0v) is 10.7. The van der Waals surface area contributed by atoms with Crippen LogP contribution in [0, 0.1) is 5.92 Å². The van der Waals surface area contributed by atoms with E-state index in [1.165, 1.54) is 0 Å². The van der Waals surface area contributed by atoms with Gasteiger partial charge in [-0.1, -0.05) is 20.8 Å². The summed E-state index contributed by atoms with van der Waals surface area (Å²) >= 11 is 0. The Morgan fingerprint density at radius 2 is 2.07 bits per heavy atom. The lowest BCUT2D eigenvalue weighted by Gasteiger charge is -2.30. The first kappa shape index (κ1) is 14.9. The molecule has 0 aromatic carbocycles. The Morgan fingerprint density at radius 3 is 2.47 bits per heavy atom. The van der Waals surface area contributed by atoms with Crippen molar-refractivity contribution in [1.82, 2.24) is 5.32 Å². The van der Waals surface area contributed by atoms with E-state index in [0.29, 0.717) is 5.92 Å². The third-order valence-electron chi connectivity index (χ3n) is 2.90. The molecule has 1 atom stereocenters. The molecule has 3 heteroatoms. The summed E-state index contributed by atoms with van der Waals surface area (Å²) in [5, 5.41) is 12.5. The van der Waals surface area contributed by atoms with E-state index in [0.717, 1.165) is 32.5 Å². The molecule has 0 heterocycles. The van der Waals surface area contributed by atoms with Gasteiger partial charge in [0.2, 0.25) is 0 Å². The maximum atomic E-state index is 9.32. The topological polar surface area (TPSA) is 41.5 Å². The molecule has 0 aliphatic rings. The maximum absolute atomic E-state index is 9.32. The van der Waals surface area contributed by atoms with Crippen LogP contribution < -0.4 is 5.32 Å². The number of nitrogens with one attached hydrogen (secondary N) is 1. The Balaban J connectivity index is 3.63. The molecule has 0 aliphatic carbocycles. The van der Waals surface area contributed by atoms with E-state index in [4.69, 9.17) is 4.74 Å². The van der Waals surface area contributed by atoms with Gasteiger partial charge in [-0.05, 0) is 32.2 Å². The van der Waals surface area contributed by atoms with Crippen molar-refractivity contribution in [1.29, 1.82) is 0 Å². The minimum atomic E-state index is -0.110.